The minimum absolute atomic E-state index is 0.643. The summed E-state index contributed by atoms with van der Waals surface area (Å²) in [5.74, 6) is 0.643. The van der Waals surface area contributed by atoms with Crippen LogP contribution >= 0.6 is 0 Å². The molecule has 1 aromatic rings. The third kappa shape index (κ3) is 3.24. The zero-order chi connectivity index (χ0) is 14.5. The lowest BCUT2D eigenvalue weighted by Gasteiger charge is -2.27. The highest BCUT2D eigenvalue weighted by atomic mass is 15.2. The molecule has 0 amide bonds. The van der Waals surface area contributed by atoms with Crippen molar-refractivity contribution in [1.29, 1.82) is 0 Å². The van der Waals surface area contributed by atoms with E-state index in [2.05, 4.69) is 53.9 Å². The SMILES string of the molecule is CCN(CC)C(N)=NCc1ccc2c(c1)CCCN2C. The highest BCUT2D eigenvalue weighted by Crippen LogP contribution is 2.26. The van der Waals surface area contributed by atoms with Gasteiger partial charge < -0.3 is 15.5 Å². The Bertz CT molecular complexity index is 477. The van der Waals surface area contributed by atoms with E-state index in [4.69, 9.17) is 5.73 Å². The van der Waals surface area contributed by atoms with Crippen LogP contribution in [0.4, 0.5) is 5.69 Å². The number of nitrogens with zero attached hydrogens (tertiary/aromatic N) is 3. The highest BCUT2D eigenvalue weighted by Gasteiger charge is 2.13. The second-order valence-electron chi connectivity index (χ2n) is 5.33. The van der Waals surface area contributed by atoms with Gasteiger partial charge >= 0.3 is 0 Å². The highest BCUT2D eigenvalue weighted by molar-refractivity contribution is 5.78. The van der Waals surface area contributed by atoms with Crippen LogP contribution in [0.5, 0.6) is 0 Å². The number of hydrogen-bond acceptors (Lipinski definition) is 2. The summed E-state index contributed by atoms with van der Waals surface area (Å²) in [6, 6.07) is 6.66. The molecule has 20 heavy (non-hydrogen) atoms. The van der Waals surface area contributed by atoms with Crippen LogP contribution in [0.15, 0.2) is 23.2 Å². The lowest BCUT2D eigenvalue weighted by molar-refractivity contribution is 0.458. The quantitative estimate of drug-likeness (QED) is 0.676. The van der Waals surface area contributed by atoms with E-state index in [0.29, 0.717) is 12.5 Å². The number of guanidine groups is 1. The van der Waals surface area contributed by atoms with Gasteiger partial charge in [-0.2, -0.15) is 0 Å². The number of anilines is 1. The van der Waals surface area contributed by atoms with Crippen LogP contribution in [0, 0.1) is 0 Å². The average Bonchev–Trinajstić information content (AvgIpc) is 2.46. The predicted octanol–water partition coefficient (Wildman–Crippen LogP) is 2.23. The van der Waals surface area contributed by atoms with Crippen molar-refractivity contribution in [2.45, 2.75) is 33.2 Å². The number of aliphatic imine (C=N–C) groups is 1. The maximum Gasteiger partial charge on any atom is 0.191 e. The van der Waals surface area contributed by atoms with Crippen molar-refractivity contribution in [3.8, 4) is 0 Å². The van der Waals surface area contributed by atoms with Gasteiger partial charge in [0.2, 0.25) is 0 Å². The first kappa shape index (κ1) is 14.7. The molecule has 0 aromatic heterocycles. The summed E-state index contributed by atoms with van der Waals surface area (Å²) >= 11 is 0. The van der Waals surface area contributed by atoms with Gasteiger partial charge in [0.15, 0.2) is 5.96 Å². The molecule has 0 radical (unpaired) electrons. The van der Waals surface area contributed by atoms with Crippen molar-refractivity contribution in [3.63, 3.8) is 0 Å². The van der Waals surface area contributed by atoms with E-state index in [1.165, 1.54) is 29.7 Å². The standard InChI is InChI=1S/C16H26N4/c1-4-20(5-2)16(17)18-12-13-8-9-15-14(11-13)7-6-10-19(15)3/h8-9,11H,4-7,10,12H2,1-3H3,(H2,17,18). The number of fused-ring (bicyclic) bond motifs is 1. The lowest BCUT2D eigenvalue weighted by Crippen LogP contribution is -2.37. The number of rotatable bonds is 4. The first-order valence-corrected chi connectivity index (χ1v) is 7.53. The van der Waals surface area contributed by atoms with Gasteiger partial charge in [-0.25, -0.2) is 4.99 Å². The summed E-state index contributed by atoms with van der Waals surface area (Å²) in [4.78, 5) is 8.92. The first-order chi connectivity index (χ1) is 9.65. The fourth-order valence-corrected chi connectivity index (χ4v) is 2.76. The third-order valence-corrected chi connectivity index (χ3v) is 4.01. The van der Waals surface area contributed by atoms with Gasteiger partial charge in [0.25, 0.3) is 0 Å². The van der Waals surface area contributed by atoms with E-state index >= 15 is 0 Å². The molecule has 0 atom stereocenters. The van der Waals surface area contributed by atoms with Crippen molar-refractivity contribution < 1.29 is 0 Å². The maximum absolute atomic E-state index is 6.01. The summed E-state index contributed by atoms with van der Waals surface area (Å²) < 4.78 is 0. The molecule has 0 fully saturated rings. The maximum atomic E-state index is 6.01. The van der Waals surface area contributed by atoms with E-state index in [9.17, 15) is 0 Å². The molecule has 0 spiro atoms. The van der Waals surface area contributed by atoms with E-state index in [1.54, 1.807) is 0 Å². The summed E-state index contributed by atoms with van der Waals surface area (Å²) in [5, 5.41) is 0. The summed E-state index contributed by atoms with van der Waals surface area (Å²) in [6.45, 7) is 7.82. The van der Waals surface area contributed by atoms with Crippen molar-refractivity contribution in [3.05, 3.63) is 29.3 Å². The van der Waals surface area contributed by atoms with Crippen molar-refractivity contribution in [2.24, 2.45) is 10.7 Å². The Balaban J connectivity index is 2.09. The molecule has 4 heteroatoms. The molecule has 0 bridgehead atoms. The normalized spacial score (nSPS) is 15.2. The smallest absolute Gasteiger partial charge is 0.191 e. The Morgan fingerprint density at radius 1 is 1.35 bits per heavy atom. The summed E-state index contributed by atoms with van der Waals surface area (Å²) in [6.07, 6.45) is 2.40. The molecule has 2 N–H and O–H groups in total. The van der Waals surface area contributed by atoms with Gasteiger partial charge in [0.05, 0.1) is 6.54 Å². The molecule has 0 saturated carbocycles. The Morgan fingerprint density at radius 2 is 2.10 bits per heavy atom. The van der Waals surface area contributed by atoms with Crippen LogP contribution in [-0.4, -0.2) is 37.5 Å². The van der Waals surface area contributed by atoms with Crippen LogP contribution in [-0.2, 0) is 13.0 Å². The Labute approximate surface area is 122 Å². The average molecular weight is 274 g/mol. The Hall–Kier alpha value is -1.71. The molecule has 0 unspecified atom stereocenters. The number of benzene rings is 1. The van der Waals surface area contributed by atoms with Gasteiger partial charge in [-0.3, -0.25) is 0 Å². The first-order valence-electron chi connectivity index (χ1n) is 7.53. The fourth-order valence-electron chi connectivity index (χ4n) is 2.76. The number of aryl methyl sites for hydroxylation is 1. The molecule has 1 aliphatic rings. The molecule has 1 heterocycles. The second-order valence-corrected chi connectivity index (χ2v) is 5.33. The van der Waals surface area contributed by atoms with Gasteiger partial charge in [-0.1, -0.05) is 12.1 Å². The van der Waals surface area contributed by atoms with Gasteiger partial charge in [-0.05, 0) is 43.9 Å². The number of hydrogen-bond donors (Lipinski definition) is 1. The molecular formula is C16H26N4. The minimum Gasteiger partial charge on any atom is -0.374 e. The summed E-state index contributed by atoms with van der Waals surface area (Å²) in [7, 11) is 2.16. The van der Waals surface area contributed by atoms with E-state index in [1.807, 2.05) is 0 Å². The van der Waals surface area contributed by atoms with Crippen LogP contribution in [0.3, 0.4) is 0 Å². The van der Waals surface area contributed by atoms with Crippen molar-refractivity contribution >= 4 is 11.6 Å². The molecule has 1 aliphatic heterocycles. The van der Waals surface area contributed by atoms with Gasteiger partial charge in [0.1, 0.15) is 0 Å². The minimum atomic E-state index is 0.643. The third-order valence-electron chi connectivity index (χ3n) is 4.01. The van der Waals surface area contributed by atoms with Gasteiger partial charge in [0, 0.05) is 32.4 Å². The van der Waals surface area contributed by atoms with E-state index in [0.717, 1.165) is 19.6 Å². The lowest BCUT2D eigenvalue weighted by atomic mass is 10.00. The molecule has 0 saturated heterocycles. The van der Waals surface area contributed by atoms with Crippen LogP contribution in [0.2, 0.25) is 0 Å². The second kappa shape index (κ2) is 6.64. The fraction of sp³-hybridized carbons (Fsp3) is 0.562. The molecule has 110 valence electrons. The number of nitrogens with two attached hydrogens (primary N) is 1. The largest absolute Gasteiger partial charge is 0.374 e. The zero-order valence-electron chi connectivity index (χ0n) is 12.9. The zero-order valence-corrected chi connectivity index (χ0v) is 12.9. The van der Waals surface area contributed by atoms with Gasteiger partial charge in [-0.15, -0.1) is 0 Å². The Morgan fingerprint density at radius 3 is 2.80 bits per heavy atom. The summed E-state index contributed by atoms with van der Waals surface area (Å²) in [5.41, 5.74) is 10.1. The molecular weight excluding hydrogens is 248 g/mol. The van der Waals surface area contributed by atoms with E-state index in [-0.39, 0.29) is 0 Å². The van der Waals surface area contributed by atoms with Crippen LogP contribution < -0.4 is 10.6 Å². The van der Waals surface area contributed by atoms with Crippen LogP contribution in [0.25, 0.3) is 0 Å². The topological polar surface area (TPSA) is 44.9 Å². The molecule has 2 rings (SSSR count). The predicted molar refractivity (Wildman–Crippen MR) is 86.3 cm³/mol. The van der Waals surface area contributed by atoms with Crippen molar-refractivity contribution in [2.75, 3.05) is 31.6 Å². The molecule has 4 nitrogen and oxygen atoms in total. The van der Waals surface area contributed by atoms with Crippen LogP contribution in [0.1, 0.15) is 31.4 Å². The van der Waals surface area contributed by atoms with Crippen molar-refractivity contribution in [1.82, 2.24) is 4.90 Å². The molecule has 0 aliphatic carbocycles. The van der Waals surface area contributed by atoms with E-state index < -0.39 is 0 Å². The monoisotopic (exact) mass is 274 g/mol. The molecule has 1 aromatic carbocycles. The Kier molecular flexibility index (Phi) is 4.88.